The van der Waals surface area contributed by atoms with Crippen LogP contribution in [0.15, 0.2) is 66.7 Å². The molecule has 4 rings (SSSR count). The molecule has 0 spiro atoms. The van der Waals surface area contributed by atoms with E-state index in [1.165, 1.54) is 16.7 Å². The average Bonchev–Trinajstić information content (AvgIpc) is 3.13. The molecule has 0 N–H and O–H groups in total. The third-order valence-electron chi connectivity index (χ3n) is 5.71. The van der Waals surface area contributed by atoms with Crippen molar-refractivity contribution in [1.29, 1.82) is 0 Å². The molecule has 0 atom stereocenters. The first-order valence-corrected chi connectivity index (χ1v) is 10.7. The highest BCUT2D eigenvalue weighted by molar-refractivity contribution is 6.36. The number of hydrogen-bond acceptors (Lipinski definition) is 2. The minimum atomic E-state index is 0.0771. The molecule has 0 saturated heterocycles. The van der Waals surface area contributed by atoms with Crippen molar-refractivity contribution in [3.63, 3.8) is 0 Å². The zero-order valence-electron chi connectivity index (χ0n) is 18.0. The predicted molar refractivity (Wildman–Crippen MR) is 124 cm³/mol. The van der Waals surface area contributed by atoms with E-state index >= 15 is 0 Å². The zero-order valence-corrected chi connectivity index (χ0v) is 18.0. The number of ether oxygens (including phenoxy) is 1. The number of carbonyl (C=O) groups excluding carboxylic acids is 1. The summed E-state index contributed by atoms with van der Waals surface area (Å²) in [7, 11) is 0. The molecule has 0 saturated carbocycles. The van der Waals surface area contributed by atoms with Gasteiger partial charge in [-0.1, -0.05) is 66.9 Å². The summed E-state index contributed by atoms with van der Waals surface area (Å²) in [6.07, 6.45) is 2.93. The maximum atomic E-state index is 13.6. The van der Waals surface area contributed by atoms with Crippen LogP contribution in [0.25, 0.3) is 11.1 Å². The van der Waals surface area contributed by atoms with Crippen LogP contribution >= 0.6 is 0 Å². The SMILES string of the molecule is CCCCOc1ccc(C(=O)C2=C(c3ccc(C)cc3)Cc3cc(C)ccc32)cc1. The molecule has 1 aliphatic carbocycles. The van der Waals surface area contributed by atoms with Gasteiger partial charge in [-0.25, -0.2) is 0 Å². The quantitative estimate of drug-likeness (QED) is 0.323. The minimum absolute atomic E-state index is 0.0771. The lowest BCUT2D eigenvalue weighted by Gasteiger charge is -2.10. The molecule has 0 heterocycles. The van der Waals surface area contributed by atoms with Crippen LogP contribution in [-0.4, -0.2) is 12.4 Å². The fraction of sp³-hybridized carbons (Fsp3) is 0.250. The van der Waals surface area contributed by atoms with Gasteiger partial charge in [0.1, 0.15) is 5.75 Å². The van der Waals surface area contributed by atoms with Gasteiger partial charge in [0, 0.05) is 11.1 Å². The Hall–Kier alpha value is -3.13. The summed E-state index contributed by atoms with van der Waals surface area (Å²) in [5.41, 5.74) is 8.50. The van der Waals surface area contributed by atoms with Crippen molar-refractivity contribution < 1.29 is 9.53 Å². The largest absolute Gasteiger partial charge is 0.494 e. The van der Waals surface area contributed by atoms with E-state index in [2.05, 4.69) is 63.2 Å². The van der Waals surface area contributed by atoms with Crippen LogP contribution < -0.4 is 4.74 Å². The van der Waals surface area contributed by atoms with E-state index in [1.807, 2.05) is 24.3 Å². The van der Waals surface area contributed by atoms with E-state index in [4.69, 9.17) is 4.74 Å². The molecule has 2 heteroatoms. The van der Waals surface area contributed by atoms with Crippen molar-refractivity contribution in [3.05, 3.63) is 100 Å². The summed E-state index contributed by atoms with van der Waals surface area (Å²) < 4.78 is 5.75. The molecule has 0 aromatic heterocycles. The molecular formula is C28H28O2. The van der Waals surface area contributed by atoms with E-state index in [0.717, 1.165) is 47.3 Å². The lowest BCUT2D eigenvalue weighted by atomic mass is 9.93. The number of aryl methyl sites for hydroxylation is 2. The van der Waals surface area contributed by atoms with E-state index in [0.29, 0.717) is 12.2 Å². The maximum Gasteiger partial charge on any atom is 0.193 e. The molecule has 0 bridgehead atoms. The Morgan fingerprint density at radius 3 is 2.30 bits per heavy atom. The van der Waals surface area contributed by atoms with Gasteiger partial charge in [0.15, 0.2) is 5.78 Å². The van der Waals surface area contributed by atoms with E-state index in [9.17, 15) is 4.79 Å². The number of rotatable bonds is 7. The summed E-state index contributed by atoms with van der Waals surface area (Å²) in [4.78, 5) is 13.6. The van der Waals surface area contributed by atoms with Gasteiger partial charge in [0.2, 0.25) is 0 Å². The van der Waals surface area contributed by atoms with Crippen molar-refractivity contribution >= 4 is 16.9 Å². The molecule has 0 amide bonds. The second-order valence-corrected chi connectivity index (χ2v) is 8.11. The number of carbonyl (C=O) groups is 1. The Balaban J connectivity index is 1.71. The fourth-order valence-electron chi connectivity index (χ4n) is 4.00. The number of allylic oxidation sites excluding steroid dienone is 2. The highest BCUT2D eigenvalue weighted by Crippen LogP contribution is 2.40. The van der Waals surface area contributed by atoms with Gasteiger partial charge in [-0.2, -0.15) is 0 Å². The van der Waals surface area contributed by atoms with Crippen LogP contribution in [0.4, 0.5) is 0 Å². The number of fused-ring (bicyclic) bond motifs is 1. The Morgan fingerprint density at radius 2 is 1.60 bits per heavy atom. The third-order valence-corrected chi connectivity index (χ3v) is 5.71. The Bertz CT molecular complexity index is 1090. The molecule has 3 aromatic carbocycles. The second-order valence-electron chi connectivity index (χ2n) is 8.11. The number of ketones is 1. The number of Topliss-reactive ketones (excluding diaryl/α,β-unsaturated/α-hetero) is 1. The smallest absolute Gasteiger partial charge is 0.193 e. The van der Waals surface area contributed by atoms with Crippen molar-refractivity contribution in [1.82, 2.24) is 0 Å². The number of benzene rings is 3. The van der Waals surface area contributed by atoms with Crippen LogP contribution in [0.3, 0.4) is 0 Å². The van der Waals surface area contributed by atoms with Gasteiger partial charge >= 0.3 is 0 Å². The number of hydrogen-bond donors (Lipinski definition) is 0. The lowest BCUT2D eigenvalue weighted by Crippen LogP contribution is -2.04. The summed E-state index contributed by atoms with van der Waals surface area (Å²) in [6.45, 7) is 7.04. The number of unbranched alkanes of at least 4 members (excludes halogenated alkanes) is 1. The summed E-state index contributed by atoms with van der Waals surface area (Å²) in [6, 6.07) is 22.4. The Labute approximate surface area is 179 Å². The fourth-order valence-corrected chi connectivity index (χ4v) is 4.00. The van der Waals surface area contributed by atoms with E-state index in [1.54, 1.807) is 0 Å². The monoisotopic (exact) mass is 396 g/mol. The standard InChI is InChI=1S/C28H28O2/c1-4-5-16-30-24-13-11-22(12-14-24)28(29)27-25-15-8-20(3)17-23(25)18-26(27)21-9-6-19(2)7-10-21/h6-15,17H,4-5,16,18H2,1-3H3. The van der Waals surface area contributed by atoms with Crippen LogP contribution in [0, 0.1) is 13.8 Å². The Morgan fingerprint density at radius 1 is 0.900 bits per heavy atom. The second kappa shape index (κ2) is 8.71. The van der Waals surface area contributed by atoms with Gasteiger partial charge in [-0.05, 0) is 73.2 Å². The van der Waals surface area contributed by atoms with Crippen molar-refractivity contribution in [2.45, 2.75) is 40.0 Å². The van der Waals surface area contributed by atoms with Gasteiger partial charge in [-0.3, -0.25) is 4.79 Å². The van der Waals surface area contributed by atoms with Gasteiger partial charge in [-0.15, -0.1) is 0 Å². The predicted octanol–water partition coefficient (Wildman–Crippen LogP) is 6.83. The van der Waals surface area contributed by atoms with E-state index < -0.39 is 0 Å². The molecule has 2 nitrogen and oxygen atoms in total. The maximum absolute atomic E-state index is 13.6. The van der Waals surface area contributed by atoms with Crippen LogP contribution in [0.2, 0.25) is 0 Å². The van der Waals surface area contributed by atoms with Gasteiger partial charge in [0.05, 0.1) is 6.61 Å². The van der Waals surface area contributed by atoms with Crippen LogP contribution in [0.5, 0.6) is 5.75 Å². The summed E-state index contributed by atoms with van der Waals surface area (Å²) >= 11 is 0. The van der Waals surface area contributed by atoms with Gasteiger partial charge in [0.25, 0.3) is 0 Å². The third kappa shape index (κ3) is 4.09. The topological polar surface area (TPSA) is 26.3 Å². The molecule has 0 radical (unpaired) electrons. The lowest BCUT2D eigenvalue weighted by molar-refractivity contribution is 0.105. The zero-order chi connectivity index (χ0) is 21.1. The summed E-state index contributed by atoms with van der Waals surface area (Å²) in [5.74, 6) is 0.892. The van der Waals surface area contributed by atoms with Crippen LogP contribution in [0.1, 0.15) is 57.9 Å². The molecule has 30 heavy (non-hydrogen) atoms. The first-order chi connectivity index (χ1) is 14.6. The van der Waals surface area contributed by atoms with Crippen LogP contribution in [-0.2, 0) is 6.42 Å². The van der Waals surface area contributed by atoms with Crippen molar-refractivity contribution in [3.8, 4) is 5.75 Å². The van der Waals surface area contributed by atoms with E-state index in [-0.39, 0.29) is 5.78 Å². The molecule has 1 aliphatic rings. The van der Waals surface area contributed by atoms with Gasteiger partial charge < -0.3 is 4.74 Å². The molecule has 0 aliphatic heterocycles. The van der Waals surface area contributed by atoms with Crippen molar-refractivity contribution in [2.75, 3.05) is 6.61 Å². The molecular weight excluding hydrogens is 368 g/mol. The summed E-state index contributed by atoms with van der Waals surface area (Å²) in [5, 5.41) is 0. The highest BCUT2D eigenvalue weighted by Gasteiger charge is 2.28. The average molecular weight is 397 g/mol. The molecule has 3 aromatic rings. The molecule has 152 valence electrons. The highest BCUT2D eigenvalue weighted by atomic mass is 16.5. The molecule has 0 unspecified atom stereocenters. The first kappa shape index (κ1) is 20.2. The minimum Gasteiger partial charge on any atom is -0.494 e. The normalized spacial score (nSPS) is 12.8. The first-order valence-electron chi connectivity index (χ1n) is 10.7. The van der Waals surface area contributed by atoms with Crippen molar-refractivity contribution in [2.24, 2.45) is 0 Å². The Kier molecular flexibility index (Phi) is 5.85. The molecule has 0 fully saturated rings.